The molecule has 0 unspecified atom stereocenters. The van der Waals surface area contributed by atoms with E-state index in [-0.39, 0.29) is 5.97 Å². The van der Waals surface area contributed by atoms with Crippen LogP contribution in [0.4, 0.5) is 0 Å². The van der Waals surface area contributed by atoms with Gasteiger partial charge in [0.15, 0.2) is 0 Å². The molecule has 1 saturated carbocycles. The normalized spacial score (nSPS) is 26.3. The second-order valence-corrected chi connectivity index (χ2v) is 4.47. The molecule has 1 rings (SSSR count). The molecule has 3 nitrogen and oxygen atoms in total. The van der Waals surface area contributed by atoms with Crippen LogP contribution in [-0.2, 0) is 9.53 Å². The van der Waals surface area contributed by atoms with Crippen molar-refractivity contribution in [3.05, 3.63) is 0 Å². The zero-order valence-corrected chi connectivity index (χ0v) is 9.92. The van der Waals surface area contributed by atoms with Crippen molar-refractivity contribution >= 4 is 5.97 Å². The summed E-state index contributed by atoms with van der Waals surface area (Å²) in [6.07, 6.45) is 5.64. The number of carbonyl (C=O) groups is 1. The van der Waals surface area contributed by atoms with Gasteiger partial charge in [-0.05, 0) is 38.5 Å². The molecule has 1 N–H and O–H groups in total. The summed E-state index contributed by atoms with van der Waals surface area (Å²) in [5, 5.41) is 3.43. The van der Waals surface area contributed by atoms with Crippen LogP contribution in [0.25, 0.3) is 0 Å². The molecule has 0 spiro atoms. The van der Waals surface area contributed by atoms with Gasteiger partial charge in [0.05, 0.1) is 13.0 Å². The molecule has 0 aliphatic heterocycles. The molecule has 1 aliphatic carbocycles. The fourth-order valence-electron chi connectivity index (χ4n) is 2.08. The van der Waals surface area contributed by atoms with Gasteiger partial charge < -0.3 is 10.1 Å². The first-order valence-corrected chi connectivity index (χ1v) is 6.11. The summed E-state index contributed by atoms with van der Waals surface area (Å²) in [6, 6.07) is 0.621. The number of carbonyl (C=O) groups excluding carboxylic acids is 1. The van der Waals surface area contributed by atoms with Crippen molar-refractivity contribution in [3.63, 3.8) is 0 Å². The molecule has 0 amide bonds. The number of rotatable bonds is 5. The van der Waals surface area contributed by atoms with Crippen molar-refractivity contribution in [1.29, 1.82) is 0 Å². The summed E-state index contributed by atoms with van der Waals surface area (Å²) in [6.45, 7) is 5.40. The fourth-order valence-corrected chi connectivity index (χ4v) is 2.08. The van der Waals surface area contributed by atoms with Crippen LogP contribution < -0.4 is 5.32 Å². The van der Waals surface area contributed by atoms with Gasteiger partial charge in [-0.25, -0.2) is 0 Å². The Labute approximate surface area is 92.6 Å². The van der Waals surface area contributed by atoms with Gasteiger partial charge in [-0.2, -0.15) is 0 Å². The first kappa shape index (κ1) is 12.5. The van der Waals surface area contributed by atoms with Crippen molar-refractivity contribution < 1.29 is 9.53 Å². The van der Waals surface area contributed by atoms with Crippen LogP contribution in [0.2, 0.25) is 0 Å². The first-order chi connectivity index (χ1) is 7.22. The Morgan fingerprint density at radius 1 is 1.33 bits per heavy atom. The highest BCUT2D eigenvalue weighted by Gasteiger charge is 2.17. The Morgan fingerprint density at radius 3 is 2.60 bits per heavy atom. The predicted octanol–water partition coefficient (Wildman–Crippen LogP) is 2.11. The Bertz CT molecular complexity index is 186. The molecule has 0 saturated heterocycles. The molecular weight excluding hydrogens is 190 g/mol. The van der Waals surface area contributed by atoms with Crippen molar-refractivity contribution in [3.8, 4) is 0 Å². The van der Waals surface area contributed by atoms with Crippen molar-refractivity contribution in [2.24, 2.45) is 5.92 Å². The van der Waals surface area contributed by atoms with Crippen molar-refractivity contribution in [1.82, 2.24) is 5.32 Å². The average molecular weight is 213 g/mol. The lowest BCUT2D eigenvalue weighted by Crippen LogP contribution is -2.34. The lowest BCUT2D eigenvalue weighted by molar-refractivity contribution is -0.143. The van der Waals surface area contributed by atoms with Gasteiger partial charge in [-0.3, -0.25) is 4.79 Å². The molecule has 1 fully saturated rings. The van der Waals surface area contributed by atoms with Gasteiger partial charge in [0.25, 0.3) is 0 Å². The van der Waals surface area contributed by atoms with E-state index in [2.05, 4.69) is 12.2 Å². The van der Waals surface area contributed by atoms with Crippen LogP contribution >= 0.6 is 0 Å². The molecule has 0 radical (unpaired) electrons. The third kappa shape index (κ3) is 5.17. The van der Waals surface area contributed by atoms with E-state index in [1.54, 1.807) is 0 Å². The molecule has 0 bridgehead atoms. The fraction of sp³-hybridized carbons (Fsp3) is 0.917. The van der Waals surface area contributed by atoms with Crippen LogP contribution in [0, 0.1) is 5.92 Å². The van der Waals surface area contributed by atoms with Crippen LogP contribution in [0.3, 0.4) is 0 Å². The van der Waals surface area contributed by atoms with Crippen LogP contribution in [0.5, 0.6) is 0 Å². The summed E-state index contributed by atoms with van der Waals surface area (Å²) in [4.78, 5) is 11.1. The number of hydrogen-bond donors (Lipinski definition) is 1. The maximum atomic E-state index is 11.1. The molecule has 0 atom stereocenters. The summed E-state index contributed by atoms with van der Waals surface area (Å²) >= 11 is 0. The highest BCUT2D eigenvalue weighted by Crippen LogP contribution is 2.23. The monoisotopic (exact) mass is 213 g/mol. The first-order valence-electron chi connectivity index (χ1n) is 6.11. The van der Waals surface area contributed by atoms with E-state index in [9.17, 15) is 4.79 Å². The predicted molar refractivity (Wildman–Crippen MR) is 60.7 cm³/mol. The lowest BCUT2D eigenvalue weighted by atomic mass is 9.87. The Kier molecular flexibility index (Phi) is 5.69. The topological polar surface area (TPSA) is 38.3 Å². The minimum absolute atomic E-state index is 0.0887. The zero-order valence-electron chi connectivity index (χ0n) is 9.92. The molecule has 88 valence electrons. The highest BCUT2D eigenvalue weighted by molar-refractivity contribution is 5.69. The minimum atomic E-state index is -0.0887. The van der Waals surface area contributed by atoms with Gasteiger partial charge in [0.1, 0.15) is 0 Å². The molecule has 3 heteroatoms. The molecule has 0 aromatic heterocycles. The molecule has 0 aromatic carbocycles. The Hall–Kier alpha value is -0.570. The van der Waals surface area contributed by atoms with Crippen LogP contribution in [0.15, 0.2) is 0 Å². The molecular formula is C12H23NO2. The maximum absolute atomic E-state index is 11.1. The van der Waals surface area contributed by atoms with Gasteiger partial charge in [-0.15, -0.1) is 0 Å². The minimum Gasteiger partial charge on any atom is -0.466 e. The number of nitrogens with one attached hydrogen (secondary N) is 1. The van der Waals surface area contributed by atoms with Gasteiger partial charge >= 0.3 is 5.97 Å². The van der Waals surface area contributed by atoms with Crippen LogP contribution in [0.1, 0.15) is 46.0 Å². The smallest absolute Gasteiger partial charge is 0.307 e. The maximum Gasteiger partial charge on any atom is 0.307 e. The summed E-state index contributed by atoms with van der Waals surface area (Å²) < 4.78 is 4.87. The number of hydrogen-bond acceptors (Lipinski definition) is 3. The standard InChI is InChI=1S/C12H23NO2/c1-3-15-12(14)8-9-13-11-6-4-10(2)5-7-11/h10-11,13H,3-9H2,1-2H3. The van der Waals surface area contributed by atoms with E-state index < -0.39 is 0 Å². The summed E-state index contributed by atoms with van der Waals surface area (Å²) in [7, 11) is 0. The van der Waals surface area contributed by atoms with E-state index >= 15 is 0 Å². The second-order valence-electron chi connectivity index (χ2n) is 4.47. The molecule has 0 heterocycles. The van der Waals surface area contributed by atoms with E-state index in [4.69, 9.17) is 4.74 Å². The third-order valence-corrected chi connectivity index (χ3v) is 3.08. The largest absolute Gasteiger partial charge is 0.466 e. The third-order valence-electron chi connectivity index (χ3n) is 3.08. The lowest BCUT2D eigenvalue weighted by Gasteiger charge is -2.26. The molecule has 15 heavy (non-hydrogen) atoms. The Balaban J connectivity index is 2.02. The average Bonchev–Trinajstić information content (AvgIpc) is 2.21. The van der Waals surface area contributed by atoms with Crippen molar-refractivity contribution in [2.75, 3.05) is 13.2 Å². The Morgan fingerprint density at radius 2 is 2.00 bits per heavy atom. The number of ether oxygens (including phenoxy) is 1. The highest BCUT2D eigenvalue weighted by atomic mass is 16.5. The SMILES string of the molecule is CCOC(=O)CCNC1CCC(C)CC1. The van der Waals surface area contributed by atoms with E-state index in [1.165, 1.54) is 25.7 Å². The van der Waals surface area contributed by atoms with Crippen LogP contribution in [-0.4, -0.2) is 25.2 Å². The van der Waals surface area contributed by atoms with E-state index in [1.807, 2.05) is 6.92 Å². The molecule has 0 aromatic rings. The number of esters is 1. The van der Waals surface area contributed by atoms with Crippen molar-refractivity contribution in [2.45, 2.75) is 52.0 Å². The van der Waals surface area contributed by atoms with Gasteiger partial charge in [-0.1, -0.05) is 6.92 Å². The second kappa shape index (κ2) is 6.83. The quantitative estimate of drug-likeness (QED) is 0.711. The molecule has 1 aliphatic rings. The zero-order chi connectivity index (χ0) is 11.1. The van der Waals surface area contributed by atoms with Gasteiger partial charge in [0.2, 0.25) is 0 Å². The van der Waals surface area contributed by atoms with E-state index in [0.717, 1.165) is 12.5 Å². The summed E-state index contributed by atoms with van der Waals surface area (Å²) in [5.74, 6) is 0.794. The van der Waals surface area contributed by atoms with E-state index in [0.29, 0.717) is 19.1 Å². The summed E-state index contributed by atoms with van der Waals surface area (Å²) in [5.41, 5.74) is 0. The van der Waals surface area contributed by atoms with Gasteiger partial charge in [0, 0.05) is 12.6 Å².